The molecule has 1 N–H and O–H groups in total. The lowest BCUT2D eigenvalue weighted by atomic mass is 9.91. The number of hydrogen-bond acceptors (Lipinski definition) is 1. The van der Waals surface area contributed by atoms with E-state index in [1.807, 2.05) is 6.92 Å². The molecule has 2 unspecified atom stereocenters. The van der Waals surface area contributed by atoms with Gasteiger partial charge >= 0.3 is 6.18 Å². The van der Waals surface area contributed by atoms with E-state index in [-0.39, 0.29) is 11.5 Å². The summed E-state index contributed by atoms with van der Waals surface area (Å²) in [5.41, 5.74) is 0.183. The summed E-state index contributed by atoms with van der Waals surface area (Å²) >= 11 is 0. The third kappa shape index (κ3) is 3.48. The van der Waals surface area contributed by atoms with Crippen LogP contribution < -0.4 is 5.32 Å². The summed E-state index contributed by atoms with van der Waals surface area (Å²) < 4.78 is 35.9. The molecule has 0 aliphatic heterocycles. The Balaban J connectivity index is 2.40. The Kier molecular flexibility index (Phi) is 3.14. The Morgan fingerprint density at radius 2 is 1.86 bits per heavy atom. The minimum atomic E-state index is -4.09. The van der Waals surface area contributed by atoms with Gasteiger partial charge in [-0.1, -0.05) is 20.8 Å². The topological polar surface area (TPSA) is 12.0 Å². The molecule has 1 nitrogen and oxygen atoms in total. The molecule has 0 radical (unpaired) electrons. The van der Waals surface area contributed by atoms with Crippen LogP contribution in [0.4, 0.5) is 13.2 Å². The minimum Gasteiger partial charge on any atom is -0.306 e. The summed E-state index contributed by atoms with van der Waals surface area (Å²) in [6.07, 6.45) is -2.25. The Hall–Kier alpha value is -0.250. The smallest absolute Gasteiger partial charge is 0.306 e. The molecule has 0 aromatic heterocycles. The van der Waals surface area contributed by atoms with Crippen molar-refractivity contribution >= 4 is 0 Å². The van der Waals surface area contributed by atoms with E-state index < -0.39 is 12.7 Å². The van der Waals surface area contributed by atoms with Crippen molar-refractivity contribution in [2.24, 2.45) is 11.3 Å². The first kappa shape index (κ1) is 11.8. The molecule has 1 fully saturated rings. The molecule has 84 valence electrons. The zero-order valence-electron chi connectivity index (χ0n) is 8.91. The maximum Gasteiger partial charge on any atom is 0.401 e. The lowest BCUT2D eigenvalue weighted by Gasteiger charge is -2.19. The van der Waals surface area contributed by atoms with Crippen molar-refractivity contribution < 1.29 is 13.2 Å². The van der Waals surface area contributed by atoms with E-state index in [1.165, 1.54) is 0 Å². The summed E-state index contributed by atoms with van der Waals surface area (Å²) in [5.74, 6) is 0.340. The Bertz CT molecular complexity index is 198. The first-order valence-corrected chi connectivity index (χ1v) is 5.00. The van der Waals surface area contributed by atoms with Crippen LogP contribution in [0.3, 0.4) is 0 Å². The molecule has 0 saturated heterocycles. The van der Waals surface area contributed by atoms with Crippen LogP contribution in [0.1, 0.15) is 33.6 Å². The van der Waals surface area contributed by atoms with Crippen molar-refractivity contribution in [1.82, 2.24) is 5.32 Å². The van der Waals surface area contributed by atoms with E-state index in [0.29, 0.717) is 5.92 Å². The zero-order chi connectivity index (χ0) is 11.0. The normalized spacial score (nSPS) is 32.1. The third-order valence-electron chi connectivity index (χ3n) is 2.90. The van der Waals surface area contributed by atoms with Crippen LogP contribution in [0.2, 0.25) is 0 Å². The summed E-state index contributed by atoms with van der Waals surface area (Å²) in [6.45, 7) is 5.37. The van der Waals surface area contributed by atoms with Crippen molar-refractivity contribution in [1.29, 1.82) is 0 Å². The Morgan fingerprint density at radius 3 is 2.21 bits per heavy atom. The molecule has 2 atom stereocenters. The quantitative estimate of drug-likeness (QED) is 0.737. The van der Waals surface area contributed by atoms with Gasteiger partial charge < -0.3 is 5.32 Å². The van der Waals surface area contributed by atoms with E-state index in [2.05, 4.69) is 19.2 Å². The highest BCUT2D eigenvalue weighted by Crippen LogP contribution is 2.40. The van der Waals surface area contributed by atoms with Crippen LogP contribution in [-0.2, 0) is 0 Å². The van der Waals surface area contributed by atoms with Gasteiger partial charge in [-0.25, -0.2) is 0 Å². The van der Waals surface area contributed by atoms with Gasteiger partial charge in [0.25, 0.3) is 0 Å². The second kappa shape index (κ2) is 3.72. The molecule has 1 saturated carbocycles. The van der Waals surface area contributed by atoms with Gasteiger partial charge in [0.15, 0.2) is 0 Å². The van der Waals surface area contributed by atoms with E-state index in [0.717, 1.165) is 12.8 Å². The number of nitrogens with one attached hydrogen (secondary N) is 1. The lowest BCUT2D eigenvalue weighted by Crippen LogP contribution is -2.38. The summed E-state index contributed by atoms with van der Waals surface area (Å²) in [4.78, 5) is 0. The first-order chi connectivity index (χ1) is 6.20. The fourth-order valence-electron chi connectivity index (χ4n) is 2.41. The first-order valence-electron chi connectivity index (χ1n) is 5.00. The molecule has 0 bridgehead atoms. The van der Waals surface area contributed by atoms with E-state index in [4.69, 9.17) is 0 Å². The van der Waals surface area contributed by atoms with Crippen molar-refractivity contribution in [3.8, 4) is 0 Å². The molecule has 1 rings (SSSR count). The number of hydrogen-bond donors (Lipinski definition) is 1. The maximum atomic E-state index is 12.0. The molecule has 0 spiro atoms. The van der Waals surface area contributed by atoms with Crippen molar-refractivity contribution in [3.63, 3.8) is 0 Å². The molecule has 4 heteroatoms. The third-order valence-corrected chi connectivity index (χ3v) is 2.90. The number of alkyl halides is 3. The second-order valence-corrected chi connectivity index (χ2v) is 5.15. The Morgan fingerprint density at radius 1 is 1.29 bits per heavy atom. The molecule has 0 amide bonds. The van der Waals surface area contributed by atoms with Crippen LogP contribution in [-0.4, -0.2) is 18.8 Å². The molecule has 1 aliphatic rings. The van der Waals surface area contributed by atoms with Gasteiger partial charge in [0.2, 0.25) is 0 Å². The van der Waals surface area contributed by atoms with Gasteiger partial charge in [-0.05, 0) is 24.2 Å². The van der Waals surface area contributed by atoms with Gasteiger partial charge in [0.05, 0.1) is 6.54 Å². The van der Waals surface area contributed by atoms with Crippen LogP contribution in [0.25, 0.3) is 0 Å². The van der Waals surface area contributed by atoms with Crippen LogP contribution in [0.5, 0.6) is 0 Å². The van der Waals surface area contributed by atoms with Gasteiger partial charge in [-0.3, -0.25) is 0 Å². The zero-order valence-corrected chi connectivity index (χ0v) is 8.91. The molecule has 0 aromatic rings. The van der Waals surface area contributed by atoms with Crippen molar-refractivity contribution in [2.45, 2.75) is 45.8 Å². The van der Waals surface area contributed by atoms with E-state index in [9.17, 15) is 13.2 Å². The fourth-order valence-corrected chi connectivity index (χ4v) is 2.41. The van der Waals surface area contributed by atoms with Crippen molar-refractivity contribution in [2.75, 3.05) is 6.54 Å². The monoisotopic (exact) mass is 209 g/mol. The highest BCUT2D eigenvalue weighted by Gasteiger charge is 2.38. The molecular weight excluding hydrogens is 191 g/mol. The van der Waals surface area contributed by atoms with Gasteiger partial charge in [0.1, 0.15) is 0 Å². The fraction of sp³-hybridized carbons (Fsp3) is 1.00. The van der Waals surface area contributed by atoms with Crippen LogP contribution in [0.15, 0.2) is 0 Å². The molecule has 0 heterocycles. The Labute approximate surface area is 83.1 Å². The minimum absolute atomic E-state index is 0.0200. The van der Waals surface area contributed by atoms with E-state index >= 15 is 0 Å². The highest BCUT2D eigenvalue weighted by atomic mass is 19.4. The average Bonchev–Trinajstić information content (AvgIpc) is 2.19. The second-order valence-electron chi connectivity index (χ2n) is 5.15. The van der Waals surface area contributed by atoms with Gasteiger partial charge in [-0.2, -0.15) is 13.2 Å². The summed E-state index contributed by atoms with van der Waals surface area (Å²) in [7, 11) is 0. The van der Waals surface area contributed by atoms with E-state index in [1.54, 1.807) is 0 Å². The largest absolute Gasteiger partial charge is 0.401 e. The number of halogens is 3. The average molecular weight is 209 g/mol. The van der Waals surface area contributed by atoms with Crippen LogP contribution in [0, 0.1) is 11.3 Å². The standard InChI is InChI=1S/C10H18F3N/c1-7-4-9(2,3)5-8(7)14-6-10(11,12)13/h7-8,14H,4-6H2,1-3H3. The van der Waals surface area contributed by atoms with Gasteiger partial charge in [-0.15, -0.1) is 0 Å². The predicted molar refractivity (Wildman–Crippen MR) is 50.0 cm³/mol. The summed E-state index contributed by atoms with van der Waals surface area (Å²) in [5, 5.41) is 2.60. The molecule has 14 heavy (non-hydrogen) atoms. The predicted octanol–water partition coefficient (Wildman–Crippen LogP) is 2.96. The molecule has 1 aliphatic carbocycles. The highest BCUT2D eigenvalue weighted by molar-refractivity contribution is 4.91. The lowest BCUT2D eigenvalue weighted by molar-refractivity contribution is -0.126. The maximum absolute atomic E-state index is 12.0. The molecular formula is C10H18F3N. The SMILES string of the molecule is CC1CC(C)(C)CC1NCC(F)(F)F. The number of rotatable bonds is 2. The van der Waals surface area contributed by atoms with Crippen LogP contribution >= 0.6 is 0 Å². The van der Waals surface area contributed by atoms with Gasteiger partial charge in [0, 0.05) is 6.04 Å². The van der Waals surface area contributed by atoms with Crippen molar-refractivity contribution in [3.05, 3.63) is 0 Å². The summed E-state index contributed by atoms with van der Waals surface area (Å²) in [6, 6.07) is 0.0200. The molecule has 0 aromatic carbocycles.